The van der Waals surface area contributed by atoms with Crippen LogP contribution in [0.5, 0.6) is 0 Å². The molecular formula is C40H33Cl3N4S. The molecule has 0 amide bonds. The summed E-state index contributed by atoms with van der Waals surface area (Å²) in [4.78, 5) is 9.52. The van der Waals surface area contributed by atoms with Crippen molar-refractivity contribution in [3.05, 3.63) is 159 Å². The number of para-hydroxylation sites is 2. The molecule has 1 saturated heterocycles. The molecule has 0 saturated carbocycles. The maximum absolute atomic E-state index is 6.52. The van der Waals surface area contributed by atoms with Gasteiger partial charge in [0, 0.05) is 49.9 Å². The highest BCUT2D eigenvalue weighted by Gasteiger charge is 2.61. The van der Waals surface area contributed by atoms with Gasteiger partial charge in [0.05, 0.1) is 28.5 Å². The SMILES string of the molecule is CCN1C[C@H]2C(=Nc3ccccc3S[C@H]2c2ccc(Cl)cc2)C2(C1)C(c1ccc(Cl)cc1)=NN(c1ccccc1)[C@@H]2c1ccc(Cl)cc1. The van der Waals surface area contributed by atoms with Crippen molar-refractivity contribution in [1.29, 1.82) is 0 Å². The van der Waals surface area contributed by atoms with Crippen molar-refractivity contribution in [1.82, 2.24) is 4.90 Å². The third kappa shape index (κ3) is 5.56. The number of rotatable bonds is 5. The van der Waals surface area contributed by atoms with E-state index in [1.54, 1.807) is 0 Å². The van der Waals surface area contributed by atoms with E-state index in [2.05, 4.69) is 102 Å². The molecule has 3 heterocycles. The molecule has 0 aromatic heterocycles. The summed E-state index contributed by atoms with van der Waals surface area (Å²) < 4.78 is 0. The summed E-state index contributed by atoms with van der Waals surface area (Å²) in [5.41, 5.74) is 6.90. The Morgan fingerprint density at radius 3 is 2.00 bits per heavy atom. The van der Waals surface area contributed by atoms with Crippen LogP contribution < -0.4 is 5.01 Å². The Labute approximate surface area is 301 Å². The second-order valence-corrected chi connectivity index (χ2v) is 15.0. The van der Waals surface area contributed by atoms with E-state index in [-0.39, 0.29) is 17.2 Å². The fourth-order valence-corrected chi connectivity index (χ4v) is 9.32. The molecule has 5 aromatic rings. The molecule has 0 N–H and O–H groups in total. The Morgan fingerprint density at radius 1 is 0.729 bits per heavy atom. The topological polar surface area (TPSA) is 31.2 Å². The zero-order valence-corrected chi connectivity index (χ0v) is 29.4. The maximum Gasteiger partial charge on any atom is 0.0953 e. The summed E-state index contributed by atoms with van der Waals surface area (Å²) in [5, 5.41) is 10.1. The van der Waals surface area contributed by atoms with Crippen molar-refractivity contribution in [2.75, 3.05) is 24.6 Å². The molecule has 0 aliphatic carbocycles. The number of fused-ring (bicyclic) bond motifs is 3. The lowest BCUT2D eigenvalue weighted by atomic mass is 9.62. The minimum Gasteiger partial charge on any atom is -0.301 e. The Morgan fingerprint density at radius 2 is 1.33 bits per heavy atom. The van der Waals surface area contributed by atoms with Crippen molar-refractivity contribution < 1.29 is 0 Å². The van der Waals surface area contributed by atoms with Crippen LogP contribution in [0.1, 0.15) is 34.9 Å². The van der Waals surface area contributed by atoms with E-state index in [0.29, 0.717) is 10.0 Å². The summed E-state index contributed by atoms with van der Waals surface area (Å²) in [6.07, 6.45) is 0. The first-order chi connectivity index (χ1) is 23.4. The Balaban J connectivity index is 1.45. The zero-order chi connectivity index (χ0) is 32.8. The van der Waals surface area contributed by atoms with E-state index in [0.717, 1.165) is 58.6 Å². The molecule has 0 bridgehead atoms. The monoisotopic (exact) mass is 706 g/mol. The van der Waals surface area contributed by atoms with Crippen molar-refractivity contribution in [2.45, 2.75) is 23.1 Å². The van der Waals surface area contributed by atoms with E-state index in [4.69, 9.17) is 44.9 Å². The molecule has 1 fully saturated rings. The molecule has 0 radical (unpaired) electrons. The molecule has 1 unspecified atom stereocenters. The molecule has 3 aliphatic rings. The molecule has 8 rings (SSSR count). The number of piperidine rings is 1. The predicted octanol–water partition coefficient (Wildman–Crippen LogP) is 11.2. The number of benzene rings is 5. The molecule has 48 heavy (non-hydrogen) atoms. The minimum atomic E-state index is -0.640. The number of nitrogens with zero attached hydrogens (tertiary/aromatic N) is 4. The summed E-state index contributed by atoms with van der Waals surface area (Å²) in [5.74, 6) is 0.0697. The molecule has 5 aromatic carbocycles. The minimum absolute atomic E-state index is 0.0697. The Hall–Kier alpha value is -3.58. The normalized spacial score (nSPS) is 23.7. The van der Waals surface area contributed by atoms with Crippen LogP contribution >= 0.6 is 46.6 Å². The van der Waals surface area contributed by atoms with E-state index >= 15 is 0 Å². The van der Waals surface area contributed by atoms with Crippen LogP contribution in [0.25, 0.3) is 0 Å². The second-order valence-electron chi connectivity index (χ2n) is 12.6. The third-order valence-electron chi connectivity index (χ3n) is 9.77. The van der Waals surface area contributed by atoms with Gasteiger partial charge in [-0.05, 0) is 83.9 Å². The Bertz CT molecular complexity index is 2000. The van der Waals surface area contributed by atoms with Gasteiger partial charge in [0.25, 0.3) is 0 Å². The van der Waals surface area contributed by atoms with Gasteiger partial charge in [-0.3, -0.25) is 10.0 Å². The molecular weight excluding hydrogens is 675 g/mol. The van der Waals surface area contributed by atoms with Gasteiger partial charge in [-0.1, -0.05) is 108 Å². The first kappa shape index (κ1) is 31.7. The maximum atomic E-state index is 6.52. The third-order valence-corrected chi connectivity index (χ3v) is 12.0. The standard InChI is InChI=1S/C40H33Cl3N4S/c1-2-46-24-33-36(26-12-18-29(41)19-13-26)48-35-11-7-6-10-34(35)44-38(33)40(25-46)37(27-14-20-30(42)21-15-27)45-47(32-8-4-3-5-9-32)39(40)28-16-22-31(43)23-17-28/h3-23,33,36,39H,2,24-25H2,1H3/t33-,36+,39-,40?/m1/s1. The number of halogens is 3. The zero-order valence-electron chi connectivity index (χ0n) is 26.3. The van der Waals surface area contributed by atoms with E-state index in [9.17, 15) is 0 Å². The van der Waals surface area contributed by atoms with Crippen molar-refractivity contribution in [3.63, 3.8) is 0 Å². The first-order valence-electron chi connectivity index (χ1n) is 16.2. The molecule has 1 spiro atoms. The smallest absolute Gasteiger partial charge is 0.0953 e. The molecule has 240 valence electrons. The highest BCUT2D eigenvalue weighted by Crippen LogP contribution is 2.58. The fraction of sp³-hybridized carbons (Fsp3) is 0.200. The Kier molecular flexibility index (Phi) is 8.60. The second kappa shape index (κ2) is 13.0. The van der Waals surface area contributed by atoms with Gasteiger partial charge in [0.15, 0.2) is 0 Å². The quantitative estimate of drug-likeness (QED) is 0.182. The van der Waals surface area contributed by atoms with Gasteiger partial charge in [0.2, 0.25) is 0 Å². The van der Waals surface area contributed by atoms with Crippen LogP contribution in [0.2, 0.25) is 15.1 Å². The number of anilines is 1. The van der Waals surface area contributed by atoms with Gasteiger partial charge in [0.1, 0.15) is 0 Å². The number of hydrogen-bond donors (Lipinski definition) is 0. The van der Waals surface area contributed by atoms with E-state index in [1.807, 2.05) is 54.2 Å². The lowest BCUT2D eigenvalue weighted by Gasteiger charge is -2.50. The van der Waals surface area contributed by atoms with Gasteiger partial charge in [-0.25, -0.2) is 0 Å². The number of aliphatic imine (C=N–C) groups is 1. The summed E-state index contributed by atoms with van der Waals surface area (Å²) >= 11 is 21.3. The summed E-state index contributed by atoms with van der Waals surface area (Å²) in [6, 6.07) is 43.6. The highest BCUT2D eigenvalue weighted by atomic mass is 35.5. The number of thioether (sulfide) groups is 1. The van der Waals surface area contributed by atoms with Crippen molar-refractivity contribution >= 4 is 69.4 Å². The number of hydrogen-bond acceptors (Lipinski definition) is 5. The van der Waals surface area contributed by atoms with E-state index < -0.39 is 5.41 Å². The molecule has 4 nitrogen and oxygen atoms in total. The molecule has 4 atom stereocenters. The average Bonchev–Trinajstić information content (AvgIpc) is 3.34. The predicted molar refractivity (Wildman–Crippen MR) is 203 cm³/mol. The van der Waals surface area contributed by atoms with Gasteiger partial charge >= 0.3 is 0 Å². The van der Waals surface area contributed by atoms with Gasteiger partial charge < -0.3 is 4.90 Å². The molecule has 3 aliphatic heterocycles. The molecule has 8 heteroatoms. The van der Waals surface area contributed by atoms with Gasteiger partial charge in [-0.2, -0.15) is 5.10 Å². The van der Waals surface area contributed by atoms with Crippen LogP contribution in [0.3, 0.4) is 0 Å². The number of likely N-dealkylation sites (tertiary alicyclic amines) is 1. The van der Waals surface area contributed by atoms with E-state index in [1.165, 1.54) is 10.5 Å². The summed E-state index contributed by atoms with van der Waals surface area (Å²) in [6.45, 7) is 4.77. The van der Waals surface area contributed by atoms with Crippen LogP contribution in [0.15, 0.2) is 142 Å². The van der Waals surface area contributed by atoms with Crippen LogP contribution in [0, 0.1) is 11.3 Å². The lowest BCUT2D eigenvalue weighted by molar-refractivity contribution is 0.180. The van der Waals surface area contributed by atoms with Crippen molar-refractivity contribution in [3.8, 4) is 0 Å². The van der Waals surface area contributed by atoms with Crippen LogP contribution in [-0.2, 0) is 0 Å². The summed E-state index contributed by atoms with van der Waals surface area (Å²) in [7, 11) is 0. The van der Waals surface area contributed by atoms with Gasteiger partial charge in [-0.15, -0.1) is 11.8 Å². The average molecular weight is 708 g/mol. The van der Waals surface area contributed by atoms with Crippen LogP contribution in [-0.4, -0.2) is 36.0 Å². The fourth-order valence-electron chi connectivity index (χ4n) is 7.60. The largest absolute Gasteiger partial charge is 0.301 e. The van der Waals surface area contributed by atoms with Crippen molar-refractivity contribution in [2.24, 2.45) is 21.4 Å². The highest BCUT2D eigenvalue weighted by molar-refractivity contribution is 7.99. The van der Waals surface area contributed by atoms with Crippen LogP contribution in [0.4, 0.5) is 11.4 Å². The number of hydrazone groups is 1. The first-order valence-corrected chi connectivity index (χ1v) is 18.2. The lowest BCUT2D eigenvalue weighted by Crippen LogP contribution is -2.60.